The highest BCUT2D eigenvalue weighted by Gasteiger charge is 2.51. The molecular formula is C16H18BrNS. The van der Waals surface area contributed by atoms with Crippen LogP contribution in [-0.4, -0.2) is 7.05 Å². The molecule has 1 aliphatic rings. The summed E-state index contributed by atoms with van der Waals surface area (Å²) in [7, 11) is 2.08. The van der Waals surface area contributed by atoms with Crippen LogP contribution in [-0.2, 0) is 5.41 Å². The van der Waals surface area contributed by atoms with Gasteiger partial charge >= 0.3 is 0 Å². The molecule has 0 aliphatic heterocycles. The molecule has 0 radical (unpaired) electrons. The second kappa shape index (κ2) is 5.04. The number of rotatable bonds is 4. The van der Waals surface area contributed by atoms with Crippen LogP contribution in [0.3, 0.4) is 0 Å². The van der Waals surface area contributed by atoms with Crippen molar-refractivity contribution < 1.29 is 0 Å². The Bertz CT molecular complexity index is 552. The van der Waals surface area contributed by atoms with E-state index in [1.807, 2.05) is 11.3 Å². The smallest absolute Gasteiger partial charge is 0.0731 e. The average molecular weight is 336 g/mol. The number of thiophene rings is 1. The maximum Gasteiger partial charge on any atom is 0.0731 e. The summed E-state index contributed by atoms with van der Waals surface area (Å²) < 4.78 is 1.26. The molecule has 1 atom stereocenters. The predicted octanol–water partition coefficient (Wildman–Crippen LogP) is 4.81. The van der Waals surface area contributed by atoms with E-state index in [4.69, 9.17) is 0 Å². The van der Waals surface area contributed by atoms with Gasteiger partial charge in [0.15, 0.2) is 0 Å². The minimum atomic E-state index is 0.298. The van der Waals surface area contributed by atoms with E-state index in [-0.39, 0.29) is 0 Å². The lowest BCUT2D eigenvalue weighted by atomic mass is 9.87. The number of likely N-dealkylation sites (N-methyl/N-ethyl adjacent to an activating group) is 1. The largest absolute Gasteiger partial charge is 0.312 e. The van der Waals surface area contributed by atoms with Crippen LogP contribution >= 0.6 is 27.3 Å². The monoisotopic (exact) mass is 335 g/mol. The van der Waals surface area contributed by atoms with Gasteiger partial charge in [-0.3, -0.25) is 0 Å². The van der Waals surface area contributed by atoms with Crippen molar-refractivity contribution in [2.45, 2.75) is 31.2 Å². The molecular weight excluding hydrogens is 318 g/mol. The lowest BCUT2D eigenvalue weighted by Gasteiger charge is -2.26. The van der Waals surface area contributed by atoms with Crippen LogP contribution in [0, 0.1) is 6.92 Å². The summed E-state index contributed by atoms with van der Waals surface area (Å²) in [5.74, 6) is 0. The van der Waals surface area contributed by atoms with Crippen LogP contribution in [0.5, 0.6) is 0 Å². The Kier molecular flexibility index (Phi) is 3.54. The van der Waals surface area contributed by atoms with Gasteiger partial charge in [0.1, 0.15) is 0 Å². The fourth-order valence-electron chi connectivity index (χ4n) is 2.97. The van der Waals surface area contributed by atoms with Gasteiger partial charge in [-0.1, -0.05) is 30.3 Å². The summed E-state index contributed by atoms with van der Waals surface area (Å²) >= 11 is 5.51. The van der Waals surface area contributed by atoms with E-state index in [0.717, 1.165) is 0 Å². The second-order valence-corrected chi connectivity index (χ2v) is 7.75. The molecule has 0 bridgehead atoms. The first-order valence-electron chi connectivity index (χ1n) is 6.66. The first-order valence-corrected chi connectivity index (χ1v) is 8.27. The molecule has 2 aromatic rings. The summed E-state index contributed by atoms with van der Waals surface area (Å²) in [6.07, 6.45) is 2.55. The Morgan fingerprint density at radius 1 is 1.26 bits per heavy atom. The van der Waals surface area contributed by atoms with Gasteiger partial charge in [0.05, 0.1) is 9.83 Å². The molecule has 100 valence electrons. The lowest BCUT2D eigenvalue weighted by Crippen LogP contribution is -2.28. The van der Waals surface area contributed by atoms with Crippen LogP contribution in [0.2, 0.25) is 0 Å². The third kappa shape index (κ3) is 2.28. The molecule has 1 fully saturated rings. The van der Waals surface area contributed by atoms with Crippen molar-refractivity contribution in [2.75, 3.05) is 7.05 Å². The molecule has 1 N–H and O–H groups in total. The molecule has 1 heterocycles. The number of nitrogens with one attached hydrogen (secondary N) is 1. The van der Waals surface area contributed by atoms with Gasteiger partial charge in [0.25, 0.3) is 0 Å². The molecule has 0 amide bonds. The normalized spacial score (nSPS) is 18.3. The molecule has 1 saturated carbocycles. The SMILES string of the molecule is CNC(c1cc(C)c(Br)s1)C1(c2ccccc2)CC1. The van der Waals surface area contributed by atoms with Gasteiger partial charge in [-0.25, -0.2) is 0 Å². The van der Waals surface area contributed by atoms with Gasteiger partial charge in [-0.05, 0) is 59.9 Å². The van der Waals surface area contributed by atoms with E-state index >= 15 is 0 Å². The maximum atomic E-state index is 3.65. The topological polar surface area (TPSA) is 12.0 Å². The molecule has 3 heteroatoms. The summed E-state index contributed by atoms with van der Waals surface area (Å²) in [5, 5.41) is 3.55. The molecule has 0 spiro atoms. The maximum absolute atomic E-state index is 3.65. The molecule has 1 nitrogen and oxygen atoms in total. The quantitative estimate of drug-likeness (QED) is 0.845. The zero-order valence-electron chi connectivity index (χ0n) is 11.2. The predicted molar refractivity (Wildman–Crippen MR) is 85.9 cm³/mol. The van der Waals surface area contributed by atoms with Crippen molar-refractivity contribution in [1.29, 1.82) is 0 Å². The number of benzene rings is 1. The van der Waals surface area contributed by atoms with Crippen LogP contribution in [0.4, 0.5) is 0 Å². The van der Waals surface area contributed by atoms with E-state index < -0.39 is 0 Å². The Balaban J connectivity index is 1.99. The van der Waals surface area contributed by atoms with Gasteiger partial charge in [-0.2, -0.15) is 0 Å². The van der Waals surface area contributed by atoms with Crippen molar-refractivity contribution in [1.82, 2.24) is 5.32 Å². The van der Waals surface area contributed by atoms with Crippen molar-refractivity contribution in [3.05, 3.63) is 56.2 Å². The highest BCUT2D eigenvalue weighted by Crippen LogP contribution is 2.57. The Hall–Kier alpha value is -0.640. The molecule has 1 aliphatic carbocycles. The van der Waals surface area contributed by atoms with E-state index in [2.05, 4.69) is 71.6 Å². The Morgan fingerprint density at radius 2 is 1.95 bits per heavy atom. The zero-order chi connectivity index (χ0) is 13.5. The summed E-state index contributed by atoms with van der Waals surface area (Å²) in [5.41, 5.74) is 3.10. The van der Waals surface area contributed by atoms with Gasteiger partial charge in [-0.15, -0.1) is 11.3 Å². The van der Waals surface area contributed by atoms with E-state index in [1.165, 1.54) is 32.6 Å². The summed E-state index contributed by atoms with van der Waals surface area (Å²) in [4.78, 5) is 1.44. The standard InChI is InChI=1S/C16H18BrNS/c1-11-10-13(19-15(11)17)14(18-2)16(8-9-16)12-6-4-3-5-7-12/h3-7,10,14,18H,8-9H2,1-2H3. The first-order chi connectivity index (χ1) is 9.17. The van der Waals surface area contributed by atoms with Gasteiger partial charge in [0.2, 0.25) is 0 Å². The number of hydrogen-bond acceptors (Lipinski definition) is 2. The molecule has 1 aromatic heterocycles. The van der Waals surface area contributed by atoms with Crippen molar-refractivity contribution in [2.24, 2.45) is 0 Å². The van der Waals surface area contributed by atoms with Crippen LogP contribution < -0.4 is 5.32 Å². The van der Waals surface area contributed by atoms with E-state index in [9.17, 15) is 0 Å². The molecule has 0 saturated heterocycles. The number of halogens is 1. The fourth-order valence-corrected chi connectivity index (χ4v) is 4.76. The Labute approximate surface area is 127 Å². The fraction of sp³-hybridized carbons (Fsp3) is 0.375. The average Bonchev–Trinajstić information content (AvgIpc) is 3.15. The second-order valence-electron chi connectivity index (χ2n) is 5.35. The lowest BCUT2D eigenvalue weighted by molar-refractivity contribution is 0.470. The van der Waals surface area contributed by atoms with E-state index in [1.54, 1.807) is 0 Å². The summed E-state index contributed by atoms with van der Waals surface area (Å²) in [6, 6.07) is 13.7. The summed E-state index contributed by atoms with van der Waals surface area (Å²) in [6.45, 7) is 2.17. The zero-order valence-corrected chi connectivity index (χ0v) is 13.6. The number of aryl methyl sites for hydroxylation is 1. The first kappa shape index (κ1) is 13.3. The molecule has 1 aromatic carbocycles. The van der Waals surface area contributed by atoms with Crippen molar-refractivity contribution in [3.8, 4) is 0 Å². The Morgan fingerprint density at radius 3 is 2.42 bits per heavy atom. The highest BCUT2D eigenvalue weighted by atomic mass is 79.9. The third-order valence-corrected chi connectivity index (χ3v) is 6.34. The van der Waals surface area contributed by atoms with Gasteiger partial charge in [0, 0.05) is 10.3 Å². The van der Waals surface area contributed by atoms with Crippen LogP contribution in [0.15, 0.2) is 40.2 Å². The number of hydrogen-bond donors (Lipinski definition) is 1. The minimum absolute atomic E-state index is 0.298. The minimum Gasteiger partial charge on any atom is -0.312 e. The molecule has 1 unspecified atom stereocenters. The highest BCUT2D eigenvalue weighted by molar-refractivity contribution is 9.11. The van der Waals surface area contributed by atoms with Crippen LogP contribution in [0.1, 0.15) is 34.9 Å². The third-order valence-electron chi connectivity index (χ3n) is 4.14. The molecule has 3 rings (SSSR count). The molecule has 19 heavy (non-hydrogen) atoms. The van der Waals surface area contributed by atoms with Crippen LogP contribution in [0.25, 0.3) is 0 Å². The van der Waals surface area contributed by atoms with Gasteiger partial charge < -0.3 is 5.32 Å². The van der Waals surface area contributed by atoms with Crippen molar-refractivity contribution >= 4 is 27.3 Å². The van der Waals surface area contributed by atoms with E-state index in [0.29, 0.717) is 11.5 Å². The van der Waals surface area contributed by atoms with Crippen molar-refractivity contribution in [3.63, 3.8) is 0 Å².